The van der Waals surface area contributed by atoms with E-state index in [-0.39, 0.29) is 11.3 Å². The lowest BCUT2D eigenvalue weighted by atomic mass is 9.78. The van der Waals surface area contributed by atoms with Crippen molar-refractivity contribution in [2.45, 2.75) is 26.3 Å². The van der Waals surface area contributed by atoms with Gasteiger partial charge in [-0.25, -0.2) is 0 Å². The first kappa shape index (κ1) is 14.5. The van der Waals surface area contributed by atoms with Crippen LogP contribution in [-0.4, -0.2) is 32.7 Å². The van der Waals surface area contributed by atoms with Crippen molar-refractivity contribution in [2.24, 2.45) is 5.41 Å². The average molecular weight is 282 g/mol. The van der Waals surface area contributed by atoms with E-state index in [0.29, 0.717) is 13.2 Å². The minimum absolute atomic E-state index is 0.126. The zero-order chi connectivity index (χ0) is 13.7. The van der Waals surface area contributed by atoms with Gasteiger partial charge in [-0.2, -0.15) is 11.3 Å². The van der Waals surface area contributed by atoms with Crippen LogP contribution in [0, 0.1) is 12.3 Å². The maximum Gasteiger partial charge on any atom is 0.228 e. The summed E-state index contributed by atoms with van der Waals surface area (Å²) in [6.45, 7) is 4.96. The molecule has 1 fully saturated rings. The summed E-state index contributed by atoms with van der Waals surface area (Å²) in [6, 6.07) is 0. The van der Waals surface area contributed by atoms with Gasteiger partial charge in [-0.05, 0) is 54.7 Å². The van der Waals surface area contributed by atoms with Crippen LogP contribution < -0.4 is 10.6 Å². The van der Waals surface area contributed by atoms with Gasteiger partial charge in [0.25, 0.3) is 0 Å². The number of nitrogens with one attached hydrogen (secondary N) is 2. The van der Waals surface area contributed by atoms with Crippen LogP contribution in [0.2, 0.25) is 0 Å². The number of hydrogen-bond acceptors (Lipinski definition) is 4. The summed E-state index contributed by atoms with van der Waals surface area (Å²) in [5, 5.41) is 10.6. The first-order valence-electron chi connectivity index (χ1n) is 6.67. The van der Waals surface area contributed by atoms with Gasteiger partial charge in [0.15, 0.2) is 0 Å². The fourth-order valence-electron chi connectivity index (χ4n) is 2.55. The fraction of sp³-hybridized carbons (Fsp3) is 0.643. The van der Waals surface area contributed by atoms with E-state index >= 15 is 0 Å². The van der Waals surface area contributed by atoms with E-state index in [1.165, 1.54) is 11.1 Å². The Morgan fingerprint density at radius 2 is 2.21 bits per heavy atom. The monoisotopic (exact) mass is 282 g/mol. The van der Waals surface area contributed by atoms with E-state index in [1.807, 2.05) is 0 Å². The third kappa shape index (κ3) is 3.35. The van der Waals surface area contributed by atoms with Crippen molar-refractivity contribution in [3.8, 4) is 0 Å². The number of thiophene rings is 1. The number of hydrogen-bond donors (Lipinski definition) is 2. The predicted molar refractivity (Wildman–Crippen MR) is 77.3 cm³/mol. The van der Waals surface area contributed by atoms with Gasteiger partial charge in [0.05, 0.1) is 12.0 Å². The van der Waals surface area contributed by atoms with E-state index in [1.54, 1.807) is 18.4 Å². The standard InChI is InChI=1S/C14H22N2O2S/c1-11-8-19-9-12(11)7-16-13(17)14(10-18-2)3-5-15-6-4-14/h8-9,15H,3-7,10H2,1-2H3,(H,16,17). The molecule has 2 N–H and O–H groups in total. The molecule has 1 aliphatic heterocycles. The summed E-state index contributed by atoms with van der Waals surface area (Å²) >= 11 is 1.68. The highest BCUT2D eigenvalue weighted by molar-refractivity contribution is 7.08. The lowest BCUT2D eigenvalue weighted by molar-refractivity contribution is -0.136. The zero-order valence-electron chi connectivity index (χ0n) is 11.6. The largest absolute Gasteiger partial charge is 0.384 e. The van der Waals surface area contributed by atoms with E-state index < -0.39 is 0 Å². The number of aryl methyl sites for hydroxylation is 1. The van der Waals surface area contributed by atoms with Gasteiger partial charge in [0.2, 0.25) is 5.91 Å². The van der Waals surface area contributed by atoms with Crippen LogP contribution in [0.5, 0.6) is 0 Å². The third-order valence-corrected chi connectivity index (χ3v) is 4.77. The first-order chi connectivity index (χ1) is 9.18. The molecule has 1 aliphatic rings. The van der Waals surface area contributed by atoms with Crippen molar-refractivity contribution in [1.29, 1.82) is 0 Å². The van der Waals surface area contributed by atoms with Crippen LogP contribution in [0.15, 0.2) is 10.8 Å². The Morgan fingerprint density at radius 1 is 1.47 bits per heavy atom. The molecule has 0 unspecified atom stereocenters. The Hall–Kier alpha value is -0.910. The SMILES string of the molecule is COCC1(C(=O)NCc2cscc2C)CCNCC1. The molecule has 1 aromatic heterocycles. The Morgan fingerprint density at radius 3 is 2.79 bits per heavy atom. The molecular weight excluding hydrogens is 260 g/mol. The van der Waals surface area contributed by atoms with E-state index in [2.05, 4.69) is 28.3 Å². The summed E-state index contributed by atoms with van der Waals surface area (Å²) in [4.78, 5) is 12.5. The molecule has 5 heteroatoms. The van der Waals surface area contributed by atoms with E-state index in [9.17, 15) is 4.79 Å². The first-order valence-corrected chi connectivity index (χ1v) is 7.62. The molecule has 0 radical (unpaired) electrons. The summed E-state index contributed by atoms with van der Waals surface area (Å²) in [5.41, 5.74) is 2.10. The van der Waals surface area contributed by atoms with E-state index in [4.69, 9.17) is 4.74 Å². The van der Waals surface area contributed by atoms with Crippen LogP contribution in [0.3, 0.4) is 0 Å². The van der Waals surface area contributed by atoms with Crippen LogP contribution in [0.1, 0.15) is 24.0 Å². The molecule has 106 valence electrons. The van der Waals surface area contributed by atoms with Gasteiger partial charge in [0.1, 0.15) is 0 Å². The normalized spacial score (nSPS) is 18.2. The highest BCUT2D eigenvalue weighted by Crippen LogP contribution is 2.29. The van der Waals surface area contributed by atoms with Crippen LogP contribution >= 0.6 is 11.3 Å². The number of carbonyl (C=O) groups excluding carboxylic acids is 1. The fourth-order valence-corrected chi connectivity index (χ4v) is 3.41. The molecule has 1 amide bonds. The van der Waals surface area contributed by atoms with Gasteiger partial charge >= 0.3 is 0 Å². The number of piperidine rings is 1. The minimum atomic E-state index is -0.357. The Labute approximate surface area is 118 Å². The quantitative estimate of drug-likeness (QED) is 0.864. The number of carbonyl (C=O) groups is 1. The molecule has 2 heterocycles. The summed E-state index contributed by atoms with van der Waals surface area (Å²) in [6.07, 6.45) is 1.69. The topological polar surface area (TPSA) is 50.4 Å². The molecule has 0 spiro atoms. The average Bonchev–Trinajstić information content (AvgIpc) is 2.83. The van der Waals surface area contributed by atoms with Crippen LogP contribution in [0.4, 0.5) is 0 Å². The van der Waals surface area contributed by atoms with Crippen LogP contribution in [-0.2, 0) is 16.1 Å². The molecule has 2 rings (SSSR count). The van der Waals surface area contributed by atoms with Gasteiger partial charge in [-0.3, -0.25) is 4.79 Å². The Balaban J connectivity index is 1.97. The summed E-state index contributed by atoms with van der Waals surface area (Å²) < 4.78 is 5.28. The molecule has 1 aromatic rings. The molecule has 0 atom stereocenters. The highest BCUT2D eigenvalue weighted by Gasteiger charge is 2.39. The van der Waals surface area contributed by atoms with Crippen molar-refractivity contribution in [3.05, 3.63) is 21.9 Å². The second-order valence-corrected chi connectivity index (χ2v) is 5.97. The maximum atomic E-state index is 12.5. The zero-order valence-corrected chi connectivity index (χ0v) is 12.4. The third-order valence-electron chi connectivity index (χ3n) is 3.86. The Bertz CT molecular complexity index is 419. The minimum Gasteiger partial charge on any atom is -0.384 e. The van der Waals surface area contributed by atoms with Crippen molar-refractivity contribution in [3.63, 3.8) is 0 Å². The smallest absolute Gasteiger partial charge is 0.228 e. The molecule has 0 aliphatic carbocycles. The molecular formula is C14H22N2O2S. The second-order valence-electron chi connectivity index (χ2n) is 5.23. The highest BCUT2D eigenvalue weighted by atomic mass is 32.1. The molecule has 19 heavy (non-hydrogen) atoms. The van der Waals surface area contributed by atoms with Gasteiger partial charge in [-0.1, -0.05) is 0 Å². The second kappa shape index (κ2) is 6.50. The summed E-state index contributed by atoms with van der Waals surface area (Å²) in [5.74, 6) is 0.126. The number of methoxy groups -OCH3 is 1. The van der Waals surface area contributed by atoms with Crippen molar-refractivity contribution < 1.29 is 9.53 Å². The molecule has 1 saturated heterocycles. The number of rotatable bonds is 5. The Kier molecular flexibility index (Phi) is 4.96. The lowest BCUT2D eigenvalue weighted by Crippen LogP contribution is -2.49. The lowest BCUT2D eigenvalue weighted by Gasteiger charge is -2.35. The predicted octanol–water partition coefficient (Wildman–Crippen LogP) is 1.69. The van der Waals surface area contributed by atoms with Crippen molar-refractivity contribution >= 4 is 17.2 Å². The molecule has 4 nitrogen and oxygen atoms in total. The van der Waals surface area contributed by atoms with Gasteiger partial charge < -0.3 is 15.4 Å². The number of ether oxygens (including phenoxy) is 1. The maximum absolute atomic E-state index is 12.5. The van der Waals surface area contributed by atoms with Crippen molar-refractivity contribution in [2.75, 3.05) is 26.8 Å². The molecule has 0 bridgehead atoms. The number of amides is 1. The molecule has 0 saturated carbocycles. The van der Waals surface area contributed by atoms with Crippen molar-refractivity contribution in [1.82, 2.24) is 10.6 Å². The van der Waals surface area contributed by atoms with Gasteiger partial charge in [0, 0.05) is 13.7 Å². The van der Waals surface area contributed by atoms with E-state index in [0.717, 1.165) is 25.9 Å². The van der Waals surface area contributed by atoms with Gasteiger partial charge in [-0.15, -0.1) is 0 Å². The molecule has 0 aromatic carbocycles. The summed E-state index contributed by atoms with van der Waals surface area (Å²) in [7, 11) is 1.67. The van der Waals surface area contributed by atoms with Crippen LogP contribution in [0.25, 0.3) is 0 Å².